The molecule has 2 N–H and O–H groups in total. The van der Waals surface area contributed by atoms with Crippen LogP contribution in [0.5, 0.6) is 0 Å². The summed E-state index contributed by atoms with van der Waals surface area (Å²) < 4.78 is 65.5. The second-order valence-corrected chi connectivity index (χ2v) is 26.2. The van der Waals surface area contributed by atoms with E-state index in [1.165, 1.54) is 27.3 Å². The number of piperazine rings is 1. The summed E-state index contributed by atoms with van der Waals surface area (Å²) in [5.74, 6) is -1.56. The van der Waals surface area contributed by atoms with Gasteiger partial charge in [0.25, 0.3) is 5.91 Å². The Morgan fingerprint density at radius 2 is 1.73 bits per heavy atom. The lowest BCUT2D eigenvalue weighted by Gasteiger charge is -2.55. The molecule has 23 heteroatoms. The zero-order valence-electron chi connectivity index (χ0n) is 50.1. The minimum absolute atomic E-state index is 0.0366. The number of rotatable bonds is 13. The van der Waals surface area contributed by atoms with Gasteiger partial charge in [0.15, 0.2) is 0 Å². The van der Waals surface area contributed by atoms with Crippen molar-refractivity contribution in [2.45, 2.75) is 128 Å². The van der Waals surface area contributed by atoms with E-state index in [0.717, 1.165) is 43.0 Å². The molecule has 1 saturated carbocycles. The predicted octanol–water partition coefficient (Wildman–Crippen LogP) is 4.16. The average molecular weight is 1170 g/mol. The summed E-state index contributed by atoms with van der Waals surface area (Å²) in [6.45, 7) is 15.7. The number of likely N-dealkylation sites (N-methyl/N-ethyl adjacent to an activating group) is 1. The molecule has 6 bridgehead atoms. The van der Waals surface area contributed by atoms with Crippen molar-refractivity contribution in [3.8, 4) is 11.3 Å². The van der Waals surface area contributed by atoms with E-state index >= 15 is 22.8 Å². The number of methoxy groups -OCH3 is 1. The number of nitrogens with zero attached hydrogens (tertiary/aromatic N) is 10. The molecule has 0 radical (unpaired) electrons. The lowest BCUT2D eigenvalue weighted by atomic mass is 9.84. The van der Waals surface area contributed by atoms with Gasteiger partial charge in [-0.05, 0) is 86.3 Å². The number of carbonyl (C=O) groups excluding carboxylic acids is 5. The number of aromatic nitrogens is 2. The Balaban J connectivity index is 0.902. The van der Waals surface area contributed by atoms with Crippen LogP contribution in [0, 0.1) is 11.3 Å². The van der Waals surface area contributed by atoms with Crippen molar-refractivity contribution in [3.63, 3.8) is 0 Å². The first-order valence-corrected chi connectivity index (χ1v) is 30.3. The van der Waals surface area contributed by atoms with Crippen molar-refractivity contribution in [1.29, 1.82) is 0 Å². The first kappa shape index (κ1) is 60.0. The normalized spacial score (nSPS) is 26.7. The fourth-order valence-electron chi connectivity index (χ4n) is 13.7. The van der Waals surface area contributed by atoms with Gasteiger partial charge >= 0.3 is 12.1 Å². The van der Waals surface area contributed by atoms with Crippen molar-refractivity contribution in [1.82, 2.24) is 54.7 Å². The number of hydrogen-bond acceptors (Lipinski definition) is 15. The maximum Gasteiger partial charge on any atom is 0.406 e. The smallest absolute Gasteiger partial charge is 0.406 e. The van der Waals surface area contributed by atoms with Gasteiger partial charge in [-0.25, -0.2) is 5.43 Å². The van der Waals surface area contributed by atoms with E-state index in [-0.39, 0.29) is 61.7 Å². The topological polar surface area (TPSA) is 181 Å². The van der Waals surface area contributed by atoms with E-state index in [1.807, 2.05) is 63.9 Å². The monoisotopic (exact) mass is 1170 g/mol. The molecular formula is C61H85F3N12O8. The summed E-state index contributed by atoms with van der Waals surface area (Å²) in [7, 11) is 4.96. The first-order valence-electron chi connectivity index (χ1n) is 30.3. The quantitative estimate of drug-likeness (QED) is 0.184. The summed E-state index contributed by atoms with van der Waals surface area (Å²) in [5, 5.41) is 5.30. The number of amides is 4. The zero-order valence-corrected chi connectivity index (χ0v) is 50.1. The highest BCUT2D eigenvalue weighted by molar-refractivity contribution is 5.96. The summed E-state index contributed by atoms with van der Waals surface area (Å²) in [5.41, 5.74) is 6.83. The predicted molar refractivity (Wildman–Crippen MR) is 310 cm³/mol. The van der Waals surface area contributed by atoms with Gasteiger partial charge in [-0.1, -0.05) is 39.8 Å². The third kappa shape index (κ3) is 12.9. The Morgan fingerprint density at radius 3 is 2.43 bits per heavy atom. The van der Waals surface area contributed by atoms with Crippen LogP contribution in [0.1, 0.15) is 89.6 Å². The van der Waals surface area contributed by atoms with Crippen molar-refractivity contribution in [2.24, 2.45) is 11.3 Å². The lowest BCUT2D eigenvalue weighted by molar-refractivity contribution is -0.197. The second kappa shape index (κ2) is 23.9. The van der Waals surface area contributed by atoms with Crippen LogP contribution in [0.2, 0.25) is 0 Å². The minimum Gasteiger partial charge on any atom is -0.464 e. The van der Waals surface area contributed by atoms with E-state index in [9.17, 15) is 14.4 Å². The number of carbonyl (C=O) groups is 5. The van der Waals surface area contributed by atoms with Gasteiger partial charge < -0.3 is 38.8 Å². The highest BCUT2D eigenvalue weighted by atomic mass is 19.4. The van der Waals surface area contributed by atoms with Crippen LogP contribution in [0.4, 0.5) is 18.9 Å². The summed E-state index contributed by atoms with van der Waals surface area (Å²) in [6, 6.07) is 5.36. The number of benzene rings is 1. The molecule has 7 atom stereocenters. The Labute approximate surface area is 490 Å². The van der Waals surface area contributed by atoms with E-state index < -0.39 is 53.9 Å². The number of pyridine rings is 1. The zero-order chi connectivity index (χ0) is 59.6. The number of alkyl halides is 3. The van der Waals surface area contributed by atoms with Gasteiger partial charge in [-0.3, -0.25) is 53.6 Å². The van der Waals surface area contributed by atoms with E-state index in [2.05, 4.69) is 36.4 Å². The van der Waals surface area contributed by atoms with Gasteiger partial charge in [0.1, 0.15) is 30.3 Å². The van der Waals surface area contributed by atoms with Gasteiger partial charge in [-0.15, -0.1) is 0 Å². The summed E-state index contributed by atoms with van der Waals surface area (Å²) in [4.78, 5) is 89.3. The highest BCUT2D eigenvalue weighted by Gasteiger charge is 2.55. The number of morpholine rings is 1. The third-order valence-corrected chi connectivity index (χ3v) is 18.5. The molecule has 5 saturated heterocycles. The third-order valence-electron chi connectivity index (χ3n) is 18.5. The average Bonchev–Trinajstić information content (AvgIpc) is 2.31. The molecule has 9 heterocycles. The summed E-state index contributed by atoms with van der Waals surface area (Å²) in [6.07, 6.45) is 2.95. The molecule has 7 aliphatic heterocycles. The fraction of sp³-hybridized carbons (Fsp3) is 0.672. The maximum atomic E-state index is 15.2. The van der Waals surface area contributed by atoms with Crippen LogP contribution in [0.15, 0.2) is 36.5 Å². The van der Waals surface area contributed by atoms with Crippen molar-refractivity contribution >= 4 is 51.8 Å². The number of halogens is 3. The number of anilines is 1. The fourth-order valence-corrected chi connectivity index (χ4v) is 13.7. The number of nitrogens with one attached hydrogen (secondary N) is 2. The number of fused-ring (bicyclic) bond motifs is 6. The highest BCUT2D eigenvalue weighted by Crippen LogP contribution is 2.44. The SMILES string of the molecule is CO[C@@H](C)c1ncc(N2CCN(C3CC3)CC2)cc1-c1c2c3cc(ccc3n1CC(F)(F)F)C1=CCCN(C1)C[C@H](NC(=O)[C@H](C(C)C)N1CCOC3(CN(C(=O)[C@H]4CN4CC(=O)N(C)C)C3)C1)C(=O)N1CCC[C@H](N1)C(=O)OCC(C)(C)C2. The Morgan fingerprint density at radius 1 is 0.964 bits per heavy atom. The van der Waals surface area contributed by atoms with Crippen molar-refractivity contribution < 1.29 is 51.4 Å². The van der Waals surface area contributed by atoms with E-state index in [1.54, 1.807) is 32.2 Å². The molecule has 6 fully saturated rings. The molecule has 458 valence electrons. The van der Waals surface area contributed by atoms with Gasteiger partial charge in [0.2, 0.25) is 17.7 Å². The molecule has 1 spiro atoms. The molecule has 8 aliphatic rings. The lowest BCUT2D eigenvalue weighted by Crippen LogP contribution is -2.73. The Hall–Kier alpha value is -5.69. The number of cyclic esters (lactones) is 1. The number of hydrogen-bond donors (Lipinski definition) is 2. The number of hydrazine groups is 1. The molecule has 1 aliphatic carbocycles. The Bertz CT molecular complexity index is 3020. The number of esters is 1. The van der Waals surface area contributed by atoms with Crippen molar-refractivity contribution in [3.05, 3.63) is 53.4 Å². The first-order chi connectivity index (χ1) is 40.0. The molecule has 20 nitrogen and oxygen atoms in total. The molecule has 4 amide bonds. The van der Waals surface area contributed by atoms with Crippen LogP contribution in [0.25, 0.3) is 27.7 Å². The second-order valence-electron chi connectivity index (χ2n) is 26.2. The van der Waals surface area contributed by atoms with Crippen LogP contribution in [0.3, 0.4) is 0 Å². The molecule has 11 rings (SSSR count). The Kier molecular flexibility index (Phi) is 17.1. The molecule has 2 aromatic heterocycles. The molecule has 84 heavy (non-hydrogen) atoms. The maximum absolute atomic E-state index is 15.2. The molecule has 3 aromatic rings. The van der Waals surface area contributed by atoms with Gasteiger partial charge in [0, 0.05) is 121 Å². The molecule has 1 aromatic carbocycles. The molecule has 2 unspecified atom stereocenters. The van der Waals surface area contributed by atoms with Crippen LogP contribution >= 0.6 is 0 Å². The van der Waals surface area contributed by atoms with Crippen molar-refractivity contribution in [2.75, 3.05) is 131 Å². The van der Waals surface area contributed by atoms with Crippen LogP contribution < -0.4 is 15.6 Å². The standard InChI is InChI=1S/C61H85F3N12O8/c1-38(2)53(72-23-24-84-60(33-72)34-74(35-60)57(80)50-31-73(50)32-51(77)68(6)7)55(78)66-48-30-69-17-9-11-41(29-69)40-13-16-49-44(25-40)46(27-59(4,5)37-83-58(81)47-12-10-18-76(67-47)56(48)79)54(75(49)36-61(62,63)64)45-26-43(28-65-52(45)39(3)82-8)71-21-19-70(20-22-71)42-14-15-42/h11,13,16,25-26,28,38-39,42,47-48,50,53,67H,9-10,12,14-15,17-24,27,29-37H2,1-8H3,(H,66,78)/t39-,47-,48-,50+,53-,73?/m0/s1. The van der Waals surface area contributed by atoms with Crippen LogP contribution in [-0.2, 0) is 51.1 Å². The number of likely N-dealkylation sites (tertiary alicyclic amines) is 1. The minimum atomic E-state index is -4.60. The van der Waals surface area contributed by atoms with Gasteiger partial charge in [0.05, 0.1) is 68.3 Å². The number of ether oxygens (including phenoxy) is 3. The van der Waals surface area contributed by atoms with Crippen LogP contribution in [-0.4, -0.2) is 242 Å². The van der Waals surface area contributed by atoms with Gasteiger partial charge in [-0.2, -0.15) is 13.2 Å². The summed E-state index contributed by atoms with van der Waals surface area (Å²) >= 11 is 0. The largest absolute Gasteiger partial charge is 0.464 e. The van der Waals surface area contributed by atoms with E-state index in [0.29, 0.717) is 118 Å². The van der Waals surface area contributed by atoms with E-state index in [4.69, 9.17) is 19.2 Å². The molecular weight excluding hydrogens is 1090 g/mol.